The summed E-state index contributed by atoms with van der Waals surface area (Å²) in [6.45, 7) is 5.74. The number of nitrogens with one attached hydrogen (secondary N) is 1. The summed E-state index contributed by atoms with van der Waals surface area (Å²) in [5.41, 5.74) is 1.36. The average Bonchev–Trinajstić information content (AvgIpc) is 2.69. The number of hydrogen-bond acceptors (Lipinski definition) is 1. The predicted molar refractivity (Wildman–Crippen MR) is 88.2 cm³/mol. The van der Waals surface area contributed by atoms with Crippen LogP contribution in [0.2, 0.25) is 5.02 Å². The molecular weight excluding hydrogens is 266 g/mol. The van der Waals surface area contributed by atoms with Gasteiger partial charge < -0.3 is 5.32 Å². The Balaban J connectivity index is 1.93. The molecule has 1 aromatic rings. The minimum Gasteiger partial charge on any atom is -0.309 e. The van der Waals surface area contributed by atoms with E-state index in [1.165, 1.54) is 44.1 Å². The lowest BCUT2D eigenvalue weighted by molar-refractivity contribution is 0.349. The maximum absolute atomic E-state index is 5.99. The van der Waals surface area contributed by atoms with E-state index in [-0.39, 0.29) is 0 Å². The first kappa shape index (κ1) is 15.9. The van der Waals surface area contributed by atoms with E-state index in [9.17, 15) is 0 Å². The van der Waals surface area contributed by atoms with Crippen molar-refractivity contribution in [3.05, 3.63) is 34.9 Å². The highest BCUT2D eigenvalue weighted by atomic mass is 35.5. The van der Waals surface area contributed by atoms with Crippen molar-refractivity contribution in [3.63, 3.8) is 0 Å². The van der Waals surface area contributed by atoms with Crippen molar-refractivity contribution < 1.29 is 0 Å². The van der Waals surface area contributed by atoms with Gasteiger partial charge in [-0.2, -0.15) is 0 Å². The standard InChI is InChI=1S/C18H28ClN/c1-14(2)18(16-9-11-17(19)12-10-16)20-13-15-7-5-3-4-6-8-15/h9-12,14-15,18,20H,3-8,13H2,1-2H3. The van der Waals surface area contributed by atoms with Crippen LogP contribution >= 0.6 is 11.6 Å². The molecule has 1 N–H and O–H groups in total. The Morgan fingerprint density at radius 3 is 2.20 bits per heavy atom. The Kier molecular flexibility index (Phi) is 6.38. The van der Waals surface area contributed by atoms with E-state index < -0.39 is 0 Å². The van der Waals surface area contributed by atoms with Crippen molar-refractivity contribution in [1.82, 2.24) is 5.32 Å². The van der Waals surface area contributed by atoms with Crippen molar-refractivity contribution in [1.29, 1.82) is 0 Å². The van der Waals surface area contributed by atoms with Gasteiger partial charge >= 0.3 is 0 Å². The van der Waals surface area contributed by atoms with E-state index >= 15 is 0 Å². The summed E-state index contributed by atoms with van der Waals surface area (Å²) in [4.78, 5) is 0. The van der Waals surface area contributed by atoms with Crippen LogP contribution < -0.4 is 5.32 Å². The van der Waals surface area contributed by atoms with Gasteiger partial charge in [0.25, 0.3) is 0 Å². The minimum absolute atomic E-state index is 0.440. The molecule has 0 radical (unpaired) electrons. The molecule has 0 amide bonds. The predicted octanol–water partition coefficient (Wildman–Crippen LogP) is 5.60. The fraction of sp³-hybridized carbons (Fsp3) is 0.667. The second kappa shape index (κ2) is 8.05. The van der Waals surface area contributed by atoms with Crippen molar-refractivity contribution in [2.45, 2.75) is 58.4 Å². The van der Waals surface area contributed by atoms with Crippen molar-refractivity contribution in [2.24, 2.45) is 11.8 Å². The zero-order valence-electron chi connectivity index (χ0n) is 12.9. The van der Waals surface area contributed by atoms with Crippen LogP contribution in [0.15, 0.2) is 24.3 Å². The molecule has 0 spiro atoms. The van der Waals surface area contributed by atoms with Crippen LogP contribution in [-0.4, -0.2) is 6.54 Å². The second-order valence-electron chi connectivity index (χ2n) is 6.54. The Hall–Kier alpha value is -0.530. The van der Waals surface area contributed by atoms with Gasteiger partial charge in [0, 0.05) is 11.1 Å². The van der Waals surface area contributed by atoms with Crippen molar-refractivity contribution >= 4 is 11.6 Å². The lowest BCUT2D eigenvalue weighted by Gasteiger charge is -2.26. The zero-order chi connectivity index (χ0) is 14.4. The van der Waals surface area contributed by atoms with Gasteiger partial charge in [0.15, 0.2) is 0 Å². The molecule has 1 aliphatic carbocycles. The Morgan fingerprint density at radius 1 is 1.05 bits per heavy atom. The van der Waals surface area contributed by atoms with E-state index in [4.69, 9.17) is 11.6 Å². The average molecular weight is 294 g/mol. The third-order valence-electron chi connectivity index (χ3n) is 4.50. The van der Waals surface area contributed by atoms with Gasteiger partial charge in [0.2, 0.25) is 0 Å². The van der Waals surface area contributed by atoms with Gasteiger partial charge in [0.1, 0.15) is 0 Å². The topological polar surface area (TPSA) is 12.0 Å². The summed E-state index contributed by atoms with van der Waals surface area (Å²) in [6.07, 6.45) is 8.50. The molecule has 0 aliphatic heterocycles. The summed E-state index contributed by atoms with van der Waals surface area (Å²) in [5.74, 6) is 1.47. The van der Waals surface area contributed by atoms with Crippen molar-refractivity contribution in [3.8, 4) is 0 Å². The van der Waals surface area contributed by atoms with Gasteiger partial charge in [-0.05, 0) is 48.9 Å². The van der Waals surface area contributed by atoms with Gasteiger partial charge in [-0.15, -0.1) is 0 Å². The van der Waals surface area contributed by atoms with Crippen LogP contribution in [0.4, 0.5) is 0 Å². The number of halogens is 1. The third-order valence-corrected chi connectivity index (χ3v) is 4.75. The monoisotopic (exact) mass is 293 g/mol. The molecule has 0 bridgehead atoms. The fourth-order valence-corrected chi connectivity index (χ4v) is 3.40. The van der Waals surface area contributed by atoms with E-state index in [2.05, 4.69) is 31.3 Å². The van der Waals surface area contributed by atoms with Crippen LogP contribution in [0.5, 0.6) is 0 Å². The van der Waals surface area contributed by atoms with E-state index in [1.54, 1.807) is 0 Å². The molecule has 2 rings (SSSR count). The quantitative estimate of drug-likeness (QED) is 0.697. The second-order valence-corrected chi connectivity index (χ2v) is 6.98. The Morgan fingerprint density at radius 2 is 1.65 bits per heavy atom. The molecule has 1 atom stereocenters. The summed E-state index contributed by atoms with van der Waals surface area (Å²) < 4.78 is 0. The first-order valence-electron chi connectivity index (χ1n) is 8.15. The molecule has 112 valence electrons. The lowest BCUT2D eigenvalue weighted by atomic mass is 9.94. The molecule has 0 saturated heterocycles. The van der Waals surface area contributed by atoms with Crippen LogP contribution in [-0.2, 0) is 0 Å². The SMILES string of the molecule is CC(C)C(NCC1CCCCCC1)c1ccc(Cl)cc1. The molecule has 1 saturated carbocycles. The Bertz CT molecular complexity index is 377. The van der Waals surface area contributed by atoms with E-state index in [0.717, 1.165) is 17.5 Å². The van der Waals surface area contributed by atoms with Crippen LogP contribution in [0.25, 0.3) is 0 Å². The lowest BCUT2D eigenvalue weighted by Crippen LogP contribution is -2.30. The molecule has 1 unspecified atom stereocenters. The maximum Gasteiger partial charge on any atom is 0.0406 e. The number of hydrogen-bond donors (Lipinski definition) is 1. The fourth-order valence-electron chi connectivity index (χ4n) is 3.27. The smallest absolute Gasteiger partial charge is 0.0406 e. The first-order chi connectivity index (χ1) is 9.66. The minimum atomic E-state index is 0.440. The third kappa shape index (κ3) is 4.79. The van der Waals surface area contributed by atoms with E-state index in [1.807, 2.05) is 12.1 Å². The van der Waals surface area contributed by atoms with Gasteiger partial charge in [-0.3, -0.25) is 0 Å². The van der Waals surface area contributed by atoms with Crippen LogP contribution in [0.3, 0.4) is 0 Å². The summed E-state index contributed by atoms with van der Waals surface area (Å²) >= 11 is 5.99. The molecule has 1 aliphatic rings. The highest BCUT2D eigenvalue weighted by molar-refractivity contribution is 6.30. The highest BCUT2D eigenvalue weighted by Crippen LogP contribution is 2.26. The first-order valence-corrected chi connectivity index (χ1v) is 8.53. The molecular formula is C18H28ClN. The van der Waals surface area contributed by atoms with Gasteiger partial charge in [0.05, 0.1) is 0 Å². The molecule has 2 heteroatoms. The molecule has 1 aromatic carbocycles. The van der Waals surface area contributed by atoms with E-state index in [0.29, 0.717) is 12.0 Å². The van der Waals surface area contributed by atoms with Crippen LogP contribution in [0, 0.1) is 11.8 Å². The number of benzene rings is 1. The highest BCUT2D eigenvalue weighted by Gasteiger charge is 2.18. The molecule has 1 nitrogen and oxygen atoms in total. The van der Waals surface area contributed by atoms with Crippen LogP contribution in [0.1, 0.15) is 64.0 Å². The van der Waals surface area contributed by atoms with Gasteiger partial charge in [-0.1, -0.05) is 63.3 Å². The zero-order valence-corrected chi connectivity index (χ0v) is 13.6. The molecule has 20 heavy (non-hydrogen) atoms. The largest absolute Gasteiger partial charge is 0.309 e. The Labute approximate surface area is 129 Å². The molecule has 0 aromatic heterocycles. The summed E-state index contributed by atoms with van der Waals surface area (Å²) in [6, 6.07) is 8.76. The normalized spacial score (nSPS) is 19.0. The maximum atomic E-state index is 5.99. The van der Waals surface area contributed by atoms with Gasteiger partial charge in [-0.25, -0.2) is 0 Å². The summed E-state index contributed by atoms with van der Waals surface area (Å²) in [5, 5.41) is 4.63. The van der Waals surface area contributed by atoms with Crippen molar-refractivity contribution in [2.75, 3.05) is 6.54 Å². The molecule has 1 fully saturated rings. The summed E-state index contributed by atoms with van der Waals surface area (Å²) in [7, 11) is 0. The number of rotatable bonds is 5. The molecule has 0 heterocycles.